The summed E-state index contributed by atoms with van der Waals surface area (Å²) in [4.78, 5) is 2.45. The summed E-state index contributed by atoms with van der Waals surface area (Å²) in [5.41, 5.74) is 15.5. The number of benzene rings is 6. The van der Waals surface area contributed by atoms with Crippen LogP contribution < -0.4 is 4.90 Å². The van der Waals surface area contributed by atoms with E-state index in [4.69, 9.17) is 0 Å². The van der Waals surface area contributed by atoms with Crippen LogP contribution >= 0.6 is 0 Å². The lowest BCUT2D eigenvalue weighted by Gasteiger charge is -2.41. The number of hydrogen-bond acceptors (Lipinski definition) is 1. The molecule has 0 radical (unpaired) electrons. The van der Waals surface area contributed by atoms with E-state index in [1.807, 2.05) is 0 Å². The van der Waals surface area contributed by atoms with Crippen molar-refractivity contribution in [2.24, 2.45) is 11.8 Å². The first kappa shape index (κ1) is 30.5. The normalized spacial score (nSPS) is 23.2. The van der Waals surface area contributed by atoms with Gasteiger partial charge in [-0.1, -0.05) is 133 Å². The number of allylic oxidation sites excluding steroid dienone is 8. The molecule has 0 saturated heterocycles. The van der Waals surface area contributed by atoms with Gasteiger partial charge in [0, 0.05) is 62.6 Å². The number of rotatable bonds is 4. The minimum atomic E-state index is -0.169. The van der Waals surface area contributed by atoms with Crippen molar-refractivity contribution >= 4 is 38.9 Å². The second kappa shape index (κ2) is 11.4. The van der Waals surface area contributed by atoms with Crippen molar-refractivity contribution in [1.82, 2.24) is 4.57 Å². The molecule has 11 rings (SSSR count). The Labute approximate surface area is 311 Å². The highest BCUT2D eigenvalue weighted by Crippen LogP contribution is 2.68. The number of fused-ring (bicyclic) bond motifs is 13. The average molecular weight is 681 g/mol. The zero-order valence-electron chi connectivity index (χ0n) is 30.0. The lowest BCUT2D eigenvalue weighted by molar-refractivity contribution is 0.311. The molecule has 2 heteroatoms. The van der Waals surface area contributed by atoms with Gasteiger partial charge in [0.25, 0.3) is 0 Å². The van der Waals surface area contributed by atoms with Gasteiger partial charge < -0.3 is 9.47 Å². The van der Waals surface area contributed by atoms with E-state index < -0.39 is 0 Å². The second-order valence-electron chi connectivity index (χ2n) is 15.4. The van der Waals surface area contributed by atoms with E-state index in [1.54, 1.807) is 0 Å². The monoisotopic (exact) mass is 680 g/mol. The van der Waals surface area contributed by atoms with E-state index >= 15 is 0 Å². The summed E-state index contributed by atoms with van der Waals surface area (Å²) in [6, 6.07) is 52.1. The molecule has 0 bridgehead atoms. The molecule has 6 aromatic carbocycles. The van der Waals surface area contributed by atoms with Gasteiger partial charge in [0.15, 0.2) is 0 Å². The minimum Gasteiger partial charge on any atom is -0.310 e. The SMILES string of the molecule is CC1=CC2C(C=C1)c1ccc(C)cc1C21c2cc(N(c3ccccc3)c3ccc(-n4c5ccccc5c5ccccc54)cc3)ccc2C2C=CC=CC21. The smallest absolute Gasteiger partial charge is 0.0541 e. The van der Waals surface area contributed by atoms with E-state index in [9.17, 15) is 0 Å². The Bertz CT molecular complexity index is 2670. The molecule has 1 heterocycles. The molecule has 1 aromatic heterocycles. The zero-order chi connectivity index (χ0) is 35.3. The lowest BCUT2D eigenvalue weighted by atomic mass is 9.61. The summed E-state index contributed by atoms with van der Waals surface area (Å²) in [5, 5.41) is 2.56. The molecule has 1 spiro atoms. The van der Waals surface area contributed by atoms with Crippen LogP contribution in [0.1, 0.15) is 46.6 Å². The van der Waals surface area contributed by atoms with E-state index in [0.717, 1.165) is 17.1 Å². The summed E-state index contributed by atoms with van der Waals surface area (Å²) < 4.78 is 2.40. The first-order valence-electron chi connectivity index (χ1n) is 19.0. The Morgan fingerprint density at radius 2 is 1.13 bits per heavy atom. The van der Waals surface area contributed by atoms with Gasteiger partial charge in [0.05, 0.1) is 11.0 Å². The Balaban J connectivity index is 1.11. The fourth-order valence-corrected chi connectivity index (χ4v) is 10.6. The summed E-state index contributed by atoms with van der Waals surface area (Å²) >= 11 is 0. The maximum atomic E-state index is 2.59. The Hall–Kier alpha value is -6.12. The highest BCUT2D eigenvalue weighted by Gasteiger charge is 2.61. The Morgan fingerprint density at radius 1 is 0.528 bits per heavy atom. The lowest BCUT2D eigenvalue weighted by Crippen LogP contribution is -2.38. The zero-order valence-corrected chi connectivity index (χ0v) is 30.0. The van der Waals surface area contributed by atoms with Gasteiger partial charge >= 0.3 is 0 Å². The topological polar surface area (TPSA) is 8.17 Å². The molecule has 0 saturated carbocycles. The van der Waals surface area contributed by atoms with Crippen LogP contribution in [0.4, 0.5) is 17.1 Å². The molecule has 5 unspecified atom stereocenters. The van der Waals surface area contributed by atoms with Crippen LogP contribution in [0.5, 0.6) is 0 Å². The third-order valence-corrected chi connectivity index (χ3v) is 12.7. The van der Waals surface area contributed by atoms with Crippen LogP contribution in [0.25, 0.3) is 27.5 Å². The minimum absolute atomic E-state index is 0.169. The number of hydrogen-bond donors (Lipinski definition) is 0. The fraction of sp³-hybridized carbons (Fsp3) is 0.137. The van der Waals surface area contributed by atoms with Gasteiger partial charge in [-0.3, -0.25) is 0 Å². The first-order chi connectivity index (χ1) is 26.1. The highest BCUT2D eigenvalue weighted by atomic mass is 15.1. The predicted molar refractivity (Wildman–Crippen MR) is 221 cm³/mol. The maximum Gasteiger partial charge on any atom is 0.0541 e. The molecular weight excluding hydrogens is 641 g/mol. The van der Waals surface area contributed by atoms with Crippen molar-refractivity contribution in [3.8, 4) is 5.69 Å². The summed E-state index contributed by atoms with van der Waals surface area (Å²) in [6.07, 6.45) is 16.9. The van der Waals surface area contributed by atoms with E-state index in [-0.39, 0.29) is 5.41 Å². The summed E-state index contributed by atoms with van der Waals surface area (Å²) in [7, 11) is 0. The number of anilines is 3. The van der Waals surface area contributed by atoms with Crippen molar-refractivity contribution in [1.29, 1.82) is 0 Å². The summed E-state index contributed by atoms with van der Waals surface area (Å²) in [6.45, 7) is 4.53. The van der Waals surface area contributed by atoms with E-state index in [2.05, 4.69) is 205 Å². The largest absolute Gasteiger partial charge is 0.310 e. The average Bonchev–Trinajstić information content (AvgIpc) is 3.80. The van der Waals surface area contributed by atoms with Crippen LogP contribution in [0.15, 0.2) is 188 Å². The summed E-state index contributed by atoms with van der Waals surface area (Å²) in [5.74, 6) is 1.40. The van der Waals surface area contributed by atoms with Crippen molar-refractivity contribution in [3.05, 3.63) is 215 Å². The maximum absolute atomic E-state index is 2.59. The van der Waals surface area contributed by atoms with Gasteiger partial charge in [-0.15, -0.1) is 0 Å². The predicted octanol–water partition coefficient (Wildman–Crippen LogP) is 12.9. The van der Waals surface area contributed by atoms with Crippen LogP contribution in [-0.2, 0) is 5.41 Å². The second-order valence-corrected chi connectivity index (χ2v) is 15.4. The van der Waals surface area contributed by atoms with Crippen molar-refractivity contribution in [3.63, 3.8) is 0 Å². The molecule has 0 N–H and O–H groups in total. The van der Waals surface area contributed by atoms with Gasteiger partial charge in [0.2, 0.25) is 0 Å². The Kier molecular flexibility index (Phi) is 6.58. The number of nitrogens with zero attached hydrogens (tertiary/aromatic N) is 2. The molecule has 4 aliphatic carbocycles. The molecule has 7 aromatic rings. The molecule has 2 nitrogen and oxygen atoms in total. The quantitative estimate of drug-likeness (QED) is 0.180. The van der Waals surface area contributed by atoms with E-state index in [1.165, 1.54) is 60.9 Å². The molecule has 53 heavy (non-hydrogen) atoms. The van der Waals surface area contributed by atoms with Gasteiger partial charge in [-0.2, -0.15) is 0 Å². The number of aromatic nitrogens is 1. The van der Waals surface area contributed by atoms with E-state index in [0.29, 0.717) is 23.7 Å². The van der Waals surface area contributed by atoms with Gasteiger partial charge in [-0.25, -0.2) is 0 Å². The van der Waals surface area contributed by atoms with Crippen LogP contribution in [0.2, 0.25) is 0 Å². The van der Waals surface area contributed by atoms with Crippen molar-refractivity contribution < 1.29 is 0 Å². The van der Waals surface area contributed by atoms with Gasteiger partial charge in [-0.05, 0) is 96.8 Å². The fourth-order valence-electron chi connectivity index (χ4n) is 10.6. The third-order valence-electron chi connectivity index (χ3n) is 12.7. The number of aryl methyl sites for hydroxylation is 1. The molecule has 5 atom stereocenters. The molecule has 4 aliphatic rings. The third kappa shape index (κ3) is 4.27. The molecule has 0 aliphatic heterocycles. The first-order valence-corrected chi connectivity index (χ1v) is 19.0. The molecule has 0 fully saturated rings. The standard InChI is InChI=1S/C51H40N2/c1-33-20-27-40-41-28-21-34(2)31-47(41)51(46(40)30-33)45-17-9-6-14-39(45)42-29-26-38(32-48(42)51)52(35-12-4-3-5-13-35)36-22-24-37(25-23-36)53-49-18-10-7-15-43(49)44-16-8-11-19-50(44)53/h3-32,39-40,45-46H,1-2H3. The van der Waals surface area contributed by atoms with Crippen LogP contribution in [0, 0.1) is 18.8 Å². The van der Waals surface area contributed by atoms with Crippen LogP contribution in [0.3, 0.4) is 0 Å². The molecule has 0 amide bonds. The van der Waals surface area contributed by atoms with Crippen LogP contribution in [-0.4, -0.2) is 4.57 Å². The van der Waals surface area contributed by atoms with Crippen molar-refractivity contribution in [2.45, 2.75) is 31.1 Å². The highest BCUT2D eigenvalue weighted by molar-refractivity contribution is 6.09. The molecular formula is C51H40N2. The number of para-hydroxylation sites is 3. The van der Waals surface area contributed by atoms with Crippen molar-refractivity contribution in [2.75, 3.05) is 4.90 Å². The molecule has 254 valence electrons. The Morgan fingerprint density at radius 3 is 1.89 bits per heavy atom. The van der Waals surface area contributed by atoms with Gasteiger partial charge in [0.1, 0.15) is 0 Å².